The smallest absolute Gasteiger partial charge is 0.122 e. The largest absolute Gasteiger partial charge is 0.507 e. The Hall–Kier alpha value is -1.02. The van der Waals surface area contributed by atoms with Crippen LogP contribution in [0.1, 0.15) is 76.5 Å². The number of fused-ring (bicyclic) bond motifs is 3. The lowest BCUT2D eigenvalue weighted by atomic mass is 9.49. The molecule has 0 saturated heterocycles. The summed E-state index contributed by atoms with van der Waals surface area (Å²) >= 11 is 0. The van der Waals surface area contributed by atoms with E-state index in [0.717, 1.165) is 17.5 Å². The lowest BCUT2D eigenvalue weighted by molar-refractivity contribution is -0.0538. The van der Waals surface area contributed by atoms with Gasteiger partial charge in [0.25, 0.3) is 0 Å². The van der Waals surface area contributed by atoms with Gasteiger partial charge in [-0.15, -0.1) is 0 Å². The lowest BCUT2D eigenvalue weighted by Crippen LogP contribution is -2.54. The van der Waals surface area contributed by atoms with Crippen molar-refractivity contribution in [1.29, 1.82) is 0 Å². The number of rotatable bonds is 1. The third kappa shape index (κ3) is 2.11. The van der Waals surface area contributed by atoms with E-state index in [0.29, 0.717) is 18.1 Å². The molecular weight excluding hydrogens is 272 g/mol. The highest BCUT2D eigenvalue weighted by Gasteiger charge is 2.54. The fourth-order valence-corrected chi connectivity index (χ4v) is 5.52. The molecule has 122 valence electrons. The van der Waals surface area contributed by atoms with Gasteiger partial charge in [-0.25, -0.2) is 0 Å². The van der Waals surface area contributed by atoms with Gasteiger partial charge in [-0.2, -0.15) is 0 Å². The minimum Gasteiger partial charge on any atom is -0.507 e. The van der Waals surface area contributed by atoms with Gasteiger partial charge in [0, 0.05) is 12.0 Å². The summed E-state index contributed by atoms with van der Waals surface area (Å²) in [7, 11) is 0. The second kappa shape index (κ2) is 4.99. The normalized spacial score (nSPS) is 33.4. The van der Waals surface area contributed by atoms with E-state index in [9.17, 15) is 10.2 Å². The Morgan fingerprint density at radius 3 is 2.45 bits per heavy atom. The predicted molar refractivity (Wildman–Crippen MR) is 90.4 cm³/mol. The zero-order valence-electron chi connectivity index (χ0n) is 14.6. The van der Waals surface area contributed by atoms with Crippen LogP contribution in [0, 0.1) is 11.3 Å². The summed E-state index contributed by atoms with van der Waals surface area (Å²) in [6, 6.07) is 4.32. The quantitative estimate of drug-likeness (QED) is 0.801. The van der Waals surface area contributed by atoms with Gasteiger partial charge < -0.3 is 10.2 Å². The van der Waals surface area contributed by atoms with Crippen LogP contribution in [0.4, 0.5) is 0 Å². The number of hydrogen-bond donors (Lipinski definition) is 2. The Morgan fingerprint density at radius 2 is 1.82 bits per heavy atom. The maximum Gasteiger partial charge on any atom is 0.122 e. The molecule has 1 aromatic rings. The molecule has 0 aromatic heterocycles. The van der Waals surface area contributed by atoms with Crippen molar-refractivity contribution in [2.75, 3.05) is 0 Å². The fraction of sp³-hybridized carbons (Fsp3) is 0.700. The zero-order valence-corrected chi connectivity index (χ0v) is 14.6. The Balaban J connectivity index is 2.18. The van der Waals surface area contributed by atoms with Gasteiger partial charge in [-0.05, 0) is 46.6 Å². The summed E-state index contributed by atoms with van der Waals surface area (Å²) in [5, 5.41) is 21.6. The molecule has 2 heteroatoms. The molecule has 2 N–H and O–H groups in total. The van der Waals surface area contributed by atoms with Crippen LogP contribution in [0.2, 0.25) is 0 Å². The first kappa shape index (κ1) is 15.9. The molecule has 0 bridgehead atoms. The summed E-state index contributed by atoms with van der Waals surface area (Å²) in [6.07, 6.45) is 3.70. The van der Waals surface area contributed by atoms with Gasteiger partial charge in [0.2, 0.25) is 0 Å². The van der Waals surface area contributed by atoms with Crippen molar-refractivity contribution in [3.05, 3.63) is 28.8 Å². The maximum absolute atomic E-state index is 10.9. The van der Waals surface area contributed by atoms with Crippen LogP contribution in [0.15, 0.2) is 12.1 Å². The average Bonchev–Trinajstić information content (AvgIpc) is 2.38. The van der Waals surface area contributed by atoms with Crippen LogP contribution in [0.5, 0.6) is 5.75 Å². The van der Waals surface area contributed by atoms with Crippen LogP contribution < -0.4 is 0 Å². The molecule has 0 spiro atoms. The number of benzene rings is 1. The SMILES string of the molecule is CC(C)c1ccc2c(c1O)C[C@@H](O)[C@H]1C(C)(C)CCC[C@]21C. The monoisotopic (exact) mass is 302 g/mol. The van der Waals surface area contributed by atoms with Crippen molar-refractivity contribution in [2.45, 2.75) is 77.7 Å². The standard InChI is InChI=1S/C20H30O2/c1-12(2)13-7-8-15-14(17(13)22)11-16(21)18-19(3,4)9-6-10-20(15,18)5/h7-8,12,16,18,21-22H,6,9-11H2,1-5H3/t16-,18+,20-/m1/s1. The summed E-state index contributed by atoms with van der Waals surface area (Å²) in [4.78, 5) is 0. The van der Waals surface area contributed by atoms with Crippen molar-refractivity contribution in [1.82, 2.24) is 0 Å². The highest BCUT2D eigenvalue weighted by molar-refractivity contribution is 5.52. The number of aliphatic hydroxyl groups is 1. The van der Waals surface area contributed by atoms with Crippen LogP contribution in [-0.4, -0.2) is 16.3 Å². The van der Waals surface area contributed by atoms with Crippen LogP contribution >= 0.6 is 0 Å². The number of aliphatic hydroxyl groups excluding tert-OH is 1. The summed E-state index contributed by atoms with van der Waals surface area (Å²) in [5.41, 5.74) is 3.40. The molecule has 2 aliphatic carbocycles. The third-order valence-corrected chi connectivity index (χ3v) is 6.39. The first-order valence-electron chi connectivity index (χ1n) is 8.72. The number of hydrogen-bond acceptors (Lipinski definition) is 2. The van der Waals surface area contributed by atoms with E-state index in [1.54, 1.807) is 0 Å². The molecule has 0 heterocycles. The van der Waals surface area contributed by atoms with Gasteiger partial charge in [-0.3, -0.25) is 0 Å². The van der Waals surface area contributed by atoms with Crippen molar-refractivity contribution in [3.8, 4) is 5.75 Å². The van der Waals surface area contributed by atoms with Crippen molar-refractivity contribution in [2.24, 2.45) is 11.3 Å². The first-order valence-corrected chi connectivity index (χ1v) is 8.72. The van der Waals surface area contributed by atoms with Crippen molar-refractivity contribution < 1.29 is 10.2 Å². The van der Waals surface area contributed by atoms with Gasteiger partial charge >= 0.3 is 0 Å². The Bertz CT molecular complexity index is 588. The molecule has 3 rings (SSSR count). The summed E-state index contributed by atoms with van der Waals surface area (Å²) in [5.74, 6) is 0.996. The molecular formula is C20H30O2. The average molecular weight is 302 g/mol. The molecule has 1 saturated carbocycles. The molecule has 0 amide bonds. The maximum atomic E-state index is 10.9. The summed E-state index contributed by atoms with van der Waals surface area (Å²) in [6.45, 7) is 11.1. The zero-order chi connectivity index (χ0) is 16.3. The summed E-state index contributed by atoms with van der Waals surface area (Å²) < 4.78 is 0. The molecule has 2 aliphatic rings. The van der Waals surface area contributed by atoms with Crippen LogP contribution in [-0.2, 0) is 11.8 Å². The molecule has 0 aliphatic heterocycles. The predicted octanol–water partition coefficient (Wildman–Crippen LogP) is 4.52. The topological polar surface area (TPSA) is 40.5 Å². The Kier molecular flexibility index (Phi) is 3.60. The van der Waals surface area contributed by atoms with E-state index < -0.39 is 0 Å². The van der Waals surface area contributed by atoms with E-state index >= 15 is 0 Å². The molecule has 22 heavy (non-hydrogen) atoms. The molecule has 1 fully saturated rings. The first-order chi connectivity index (χ1) is 10.2. The second-order valence-electron chi connectivity index (χ2n) is 8.69. The number of phenols is 1. The van der Waals surface area contributed by atoms with Gasteiger partial charge in [0.1, 0.15) is 5.75 Å². The Morgan fingerprint density at radius 1 is 1.14 bits per heavy atom. The molecule has 2 nitrogen and oxygen atoms in total. The van der Waals surface area contributed by atoms with Crippen molar-refractivity contribution >= 4 is 0 Å². The van der Waals surface area contributed by atoms with E-state index in [2.05, 4.69) is 46.8 Å². The lowest BCUT2D eigenvalue weighted by Gasteiger charge is -2.56. The van der Waals surface area contributed by atoms with E-state index in [-0.39, 0.29) is 22.9 Å². The minimum absolute atomic E-state index is 0.0261. The highest BCUT2D eigenvalue weighted by Crippen LogP contribution is 2.58. The number of aromatic hydroxyl groups is 1. The van der Waals surface area contributed by atoms with E-state index in [1.807, 2.05) is 0 Å². The van der Waals surface area contributed by atoms with Gasteiger partial charge in [0.05, 0.1) is 6.10 Å². The van der Waals surface area contributed by atoms with E-state index in [1.165, 1.54) is 18.4 Å². The van der Waals surface area contributed by atoms with Crippen LogP contribution in [0.25, 0.3) is 0 Å². The molecule has 0 unspecified atom stereocenters. The second-order valence-corrected chi connectivity index (χ2v) is 8.69. The fourth-order valence-electron chi connectivity index (χ4n) is 5.52. The third-order valence-electron chi connectivity index (χ3n) is 6.39. The molecule has 3 atom stereocenters. The Labute approximate surface area is 134 Å². The molecule has 0 radical (unpaired) electrons. The van der Waals surface area contributed by atoms with E-state index in [4.69, 9.17) is 0 Å². The van der Waals surface area contributed by atoms with Crippen molar-refractivity contribution in [3.63, 3.8) is 0 Å². The van der Waals surface area contributed by atoms with Gasteiger partial charge in [-0.1, -0.05) is 53.2 Å². The highest BCUT2D eigenvalue weighted by atomic mass is 16.3. The van der Waals surface area contributed by atoms with Crippen LogP contribution in [0.3, 0.4) is 0 Å². The number of phenolic OH excluding ortho intramolecular Hbond substituents is 1. The molecule has 1 aromatic carbocycles. The van der Waals surface area contributed by atoms with Gasteiger partial charge in [0.15, 0.2) is 0 Å². The minimum atomic E-state index is -0.360.